The molecule has 4 nitrogen and oxygen atoms in total. The second-order valence-electron chi connectivity index (χ2n) is 3.22. The van der Waals surface area contributed by atoms with Crippen LogP contribution in [-0.4, -0.2) is 62.5 Å². The van der Waals surface area contributed by atoms with E-state index in [9.17, 15) is 4.79 Å². The molecule has 1 unspecified atom stereocenters. The highest BCUT2D eigenvalue weighted by molar-refractivity contribution is 5.56. The first-order chi connectivity index (χ1) is 5.75. The van der Waals surface area contributed by atoms with Gasteiger partial charge in [0.1, 0.15) is 6.17 Å². The van der Waals surface area contributed by atoms with Crippen LogP contribution in [0.4, 0.5) is 0 Å². The Bertz CT molecular complexity index is 143. The van der Waals surface area contributed by atoms with Crippen LogP contribution in [0.3, 0.4) is 0 Å². The van der Waals surface area contributed by atoms with Crippen LogP contribution in [-0.2, 0) is 4.79 Å². The minimum Gasteiger partial charge on any atom is -0.300 e. The van der Waals surface area contributed by atoms with Gasteiger partial charge in [-0.05, 0) is 14.1 Å². The molecule has 0 bridgehead atoms. The van der Waals surface area contributed by atoms with Gasteiger partial charge in [-0.3, -0.25) is 9.80 Å². The molecule has 0 saturated carbocycles. The number of nitrogens with zero attached hydrogens (tertiary/aromatic N) is 3. The molecule has 1 atom stereocenters. The van der Waals surface area contributed by atoms with Crippen LogP contribution in [0, 0.1) is 0 Å². The normalized spacial score (nSPS) is 22.6. The van der Waals surface area contributed by atoms with Gasteiger partial charge in [0, 0.05) is 26.2 Å². The lowest BCUT2D eigenvalue weighted by molar-refractivity contribution is -0.117. The average molecular weight is 170 g/mol. The standard InChI is InChI=1S/C8H16N3O/c1-10(2)8(7-12)11-5-3-9-4-6-11/h7-8H,3-6H2,1-2H3. The number of carbonyl (C=O) groups excluding carboxylic acids is 1. The molecular weight excluding hydrogens is 154 g/mol. The number of hydrogen-bond donors (Lipinski definition) is 0. The van der Waals surface area contributed by atoms with Crippen LogP contribution in [0.25, 0.3) is 0 Å². The zero-order valence-corrected chi connectivity index (χ0v) is 7.73. The van der Waals surface area contributed by atoms with Crippen molar-refractivity contribution in [1.82, 2.24) is 15.1 Å². The molecule has 1 radical (unpaired) electrons. The number of hydrogen-bond acceptors (Lipinski definition) is 3. The molecule has 1 aliphatic rings. The van der Waals surface area contributed by atoms with Crippen molar-refractivity contribution in [3.63, 3.8) is 0 Å². The van der Waals surface area contributed by atoms with E-state index in [1.165, 1.54) is 0 Å². The smallest absolute Gasteiger partial charge is 0.151 e. The number of aldehydes is 1. The Morgan fingerprint density at radius 1 is 1.42 bits per heavy atom. The summed E-state index contributed by atoms with van der Waals surface area (Å²) in [6.45, 7) is 3.53. The lowest BCUT2D eigenvalue weighted by Crippen LogP contribution is -2.52. The molecule has 1 heterocycles. The Balaban J connectivity index is 2.45. The maximum atomic E-state index is 10.7. The second-order valence-corrected chi connectivity index (χ2v) is 3.22. The van der Waals surface area contributed by atoms with E-state index in [4.69, 9.17) is 0 Å². The zero-order valence-electron chi connectivity index (χ0n) is 7.73. The Labute approximate surface area is 73.5 Å². The van der Waals surface area contributed by atoms with Gasteiger partial charge in [0.25, 0.3) is 0 Å². The fourth-order valence-electron chi connectivity index (χ4n) is 1.42. The molecule has 1 aliphatic heterocycles. The van der Waals surface area contributed by atoms with Crippen LogP contribution in [0.5, 0.6) is 0 Å². The summed E-state index contributed by atoms with van der Waals surface area (Å²) < 4.78 is 0. The zero-order chi connectivity index (χ0) is 8.97. The van der Waals surface area contributed by atoms with Crippen molar-refractivity contribution in [3.05, 3.63) is 0 Å². The van der Waals surface area contributed by atoms with E-state index in [2.05, 4.69) is 10.2 Å². The molecule has 0 amide bonds. The van der Waals surface area contributed by atoms with Crippen LogP contribution < -0.4 is 5.32 Å². The predicted octanol–water partition coefficient (Wildman–Crippen LogP) is -1.01. The first-order valence-corrected chi connectivity index (χ1v) is 4.24. The molecule has 1 fully saturated rings. The number of carbonyl (C=O) groups is 1. The van der Waals surface area contributed by atoms with Gasteiger partial charge in [-0.2, -0.15) is 0 Å². The molecule has 1 rings (SSSR count). The molecule has 0 spiro atoms. The maximum absolute atomic E-state index is 10.7. The molecule has 4 heteroatoms. The Kier molecular flexibility index (Phi) is 3.65. The van der Waals surface area contributed by atoms with Crippen LogP contribution in [0.15, 0.2) is 0 Å². The summed E-state index contributed by atoms with van der Waals surface area (Å²) in [5.74, 6) is 0. The Hall–Kier alpha value is -0.450. The first kappa shape index (κ1) is 9.64. The molecule has 69 valence electrons. The van der Waals surface area contributed by atoms with E-state index in [1.54, 1.807) is 0 Å². The molecule has 1 saturated heterocycles. The van der Waals surface area contributed by atoms with Gasteiger partial charge >= 0.3 is 0 Å². The summed E-state index contributed by atoms with van der Waals surface area (Å²) in [6, 6.07) is 0. The monoisotopic (exact) mass is 170 g/mol. The van der Waals surface area contributed by atoms with E-state index in [1.807, 2.05) is 19.0 Å². The van der Waals surface area contributed by atoms with Gasteiger partial charge < -0.3 is 4.79 Å². The maximum Gasteiger partial charge on any atom is 0.151 e. The highest BCUT2D eigenvalue weighted by Crippen LogP contribution is 2.01. The number of piperazine rings is 1. The van der Waals surface area contributed by atoms with E-state index >= 15 is 0 Å². The molecule has 0 aromatic heterocycles. The van der Waals surface area contributed by atoms with Crippen molar-refractivity contribution in [3.8, 4) is 0 Å². The van der Waals surface area contributed by atoms with Gasteiger partial charge in [0.15, 0.2) is 6.29 Å². The van der Waals surface area contributed by atoms with Crippen molar-refractivity contribution in [2.75, 3.05) is 40.3 Å². The van der Waals surface area contributed by atoms with Gasteiger partial charge in [0.05, 0.1) is 0 Å². The number of likely N-dealkylation sites (N-methyl/N-ethyl adjacent to an activating group) is 1. The summed E-state index contributed by atoms with van der Waals surface area (Å²) in [4.78, 5) is 14.8. The summed E-state index contributed by atoms with van der Waals surface area (Å²) in [5, 5.41) is 4.23. The summed E-state index contributed by atoms with van der Waals surface area (Å²) in [6.07, 6.45) is 0.922. The fraction of sp³-hybridized carbons (Fsp3) is 0.875. The van der Waals surface area contributed by atoms with Gasteiger partial charge in [-0.15, -0.1) is 0 Å². The summed E-state index contributed by atoms with van der Waals surface area (Å²) in [5.41, 5.74) is 0. The second kappa shape index (κ2) is 4.54. The quantitative estimate of drug-likeness (QED) is 0.509. The summed E-state index contributed by atoms with van der Waals surface area (Å²) >= 11 is 0. The van der Waals surface area contributed by atoms with E-state index in [0.29, 0.717) is 0 Å². The third-order valence-electron chi connectivity index (χ3n) is 2.12. The molecule has 0 aromatic rings. The molecule has 0 aliphatic carbocycles. The third kappa shape index (κ3) is 2.27. The van der Waals surface area contributed by atoms with Gasteiger partial charge in [0.2, 0.25) is 0 Å². The summed E-state index contributed by atoms with van der Waals surface area (Å²) in [7, 11) is 3.84. The largest absolute Gasteiger partial charge is 0.300 e. The minimum absolute atomic E-state index is 0.0690. The molecule has 0 N–H and O–H groups in total. The van der Waals surface area contributed by atoms with Crippen molar-refractivity contribution >= 4 is 6.29 Å². The first-order valence-electron chi connectivity index (χ1n) is 4.24. The molecular formula is C8H16N3O. The predicted molar refractivity (Wildman–Crippen MR) is 47.0 cm³/mol. The van der Waals surface area contributed by atoms with E-state index in [-0.39, 0.29) is 6.17 Å². The van der Waals surface area contributed by atoms with Gasteiger partial charge in [-0.25, -0.2) is 5.32 Å². The van der Waals surface area contributed by atoms with E-state index < -0.39 is 0 Å². The third-order valence-corrected chi connectivity index (χ3v) is 2.12. The van der Waals surface area contributed by atoms with Gasteiger partial charge in [-0.1, -0.05) is 0 Å². The Morgan fingerprint density at radius 3 is 2.42 bits per heavy atom. The molecule has 12 heavy (non-hydrogen) atoms. The fourth-order valence-corrected chi connectivity index (χ4v) is 1.42. The Morgan fingerprint density at radius 2 is 2.00 bits per heavy atom. The van der Waals surface area contributed by atoms with E-state index in [0.717, 1.165) is 32.5 Å². The minimum atomic E-state index is -0.0690. The van der Waals surface area contributed by atoms with Crippen molar-refractivity contribution < 1.29 is 4.79 Å². The van der Waals surface area contributed by atoms with Crippen LogP contribution in [0.2, 0.25) is 0 Å². The lowest BCUT2D eigenvalue weighted by atomic mass is 10.3. The van der Waals surface area contributed by atoms with Crippen LogP contribution in [0.1, 0.15) is 0 Å². The van der Waals surface area contributed by atoms with Crippen molar-refractivity contribution in [2.24, 2.45) is 0 Å². The molecule has 0 aromatic carbocycles. The SMILES string of the molecule is CN(C)C(C=O)N1CC[N]CC1. The van der Waals surface area contributed by atoms with Crippen molar-refractivity contribution in [1.29, 1.82) is 0 Å². The van der Waals surface area contributed by atoms with Crippen molar-refractivity contribution in [2.45, 2.75) is 6.17 Å². The highest BCUT2D eigenvalue weighted by atomic mass is 16.1. The topological polar surface area (TPSA) is 37.7 Å². The average Bonchev–Trinajstić information content (AvgIpc) is 2.07. The number of rotatable bonds is 3. The lowest BCUT2D eigenvalue weighted by Gasteiger charge is -2.34. The van der Waals surface area contributed by atoms with Crippen LogP contribution >= 0.6 is 0 Å². The highest BCUT2D eigenvalue weighted by Gasteiger charge is 2.21.